The number of benzene rings is 2. The molecule has 0 bridgehead atoms. The molecular weight excluding hydrogens is 486 g/mol. The van der Waals surface area contributed by atoms with Gasteiger partial charge in [0.25, 0.3) is 0 Å². The fraction of sp³-hybridized carbons (Fsp3) is 0.455. The SMILES string of the molecule is CC[N+](C)(CC)C[C@H]1[C@@H](C)[C@@]2(C)c3c(cc(OC)nc3OC)O[C@@]2(c2ccc(C#N)cc2)[C@@H]1c1ccccc1. The third kappa shape index (κ3) is 3.82. The van der Waals surface area contributed by atoms with Crippen LogP contribution < -0.4 is 14.2 Å². The first-order valence-electron chi connectivity index (χ1n) is 13.9. The van der Waals surface area contributed by atoms with Crippen LogP contribution in [-0.4, -0.2) is 50.4 Å². The molecule has 5 rings (SSSR count). The first-order chi connectivity index (χ1) is 18.7. The maximum absolute atomic E-state index is 9.57. The molecule has 1 aliphatic heterocycles. The van der Waals surface area contributed by atoms with Gasteiger partial charge in [-0.05, 0) is 43.0 Å². The normalized spacial score (nSPS) is 27.3. The highest BCUT2D eigenvalue weighted by Gasteiger charge is 2.74. The molecule has 39 heavy (non-hydrogen) atoms. The molecule has 6 heteroatoms. The van der Waals surface area contributed by atoms with E-state index in [-0.39, 0.29) is 11.8 Å². The van der Waals surface area contributed by atoms with E-state index >= 15 is 0 Å². The highest BCUT2D eigenvalue weighted by Crippen LogP contribution is 2.73. The monoisotopic (exact) mass is 526 g/mol. The quantitative estimate of drug-likeness (QED) is 0.334. The van der Waals surface area contributed by atoms with Gasteiger partial charge in [0.15, 0.2) is 5.60 Å². The van der Waals surface area contributed by atoms with E-state index in [1.165, 1.54) is 5.56 Å². The fourth-order valence-corrected chi connectivity index (χ4v) is 7.45. The Hall–Kier alpha value is -3.56. The van der Waals surface area contributed by atoms with Gasteiger partial charge in [-0.25, -0.2) is 0 Å². The van der Waals surface area contributed by atoms with Crippen molar-refractivity contribution in [2.45, 2.75) is 44.6 Å². The average molecular weight is 527 g/mol. The van der Waals surface area contributed by atoms with Crippen LogP contribution >= 0.6 is 0 Å². The molecule has 0 radical (unpaired) electrons. The van der Waals surface area contributed by atoms with E-state index in [1.54, 1.807) is 14.2 Å². The Bertz CT molecular complexity index is 1380. The molecule has 6 nitrogen and oxygen atoms in total. The lowest BCUT2D eigenvalue weighted by Crippen LogP contribution is -2.49. The molecule has 0 amide bonds. The first kappa shape index (κ1) is 27.0. The van der Waals surface area contributed by atoms with Crippen molar-refractivity contribution >= 4 is 0 Å². The Morgan fingerprint density at radius 1 is 1.03 bits per heavy atom. The van der Waals surface area contributed by atoms with Crippen molar-refractivity contribution in [2.75, 3.05) is 40.9 Å². The van der Waals surface area contributed by atoms with Crippen molar-refractivity contribution < 1.29 is 18.7 Å². The van der Waals surface area contributed by atoms with E-state index in [0.717, 1.165) is 41.0 Å². The molecule has 2 aromatic carbocycles. The van der Waals surface area contributed by atoms with Crippen LogP contribution in [-0.2, 0) is 11.0 Å². The summed E-state index contributed by atoms with van der Waals surface area (Å²) in [5, 5.41) is 9.57. The molecule has 0 saturated heterocycles. The number of nitriles is 1. The number of methoxy groups -OCH3 is 2. The van der Waals surface area contributed by atoms with Gasteiger partial charge >= 0.3 is 0 Å². The van der Waals surface area contributed by atoms with Crippen LogP contribution in [0.15, 0.2) is 60.7 Å². The molecule has 1 fully saturated rings. The molecule has 0 unspecified atom stereocenters. The number of aromatic nitrogens is 1. The number of hydrogen-bond acceptors (Lipinski definition) is 5. The predicted molar refractivity (Wildman–Crippen MR) is 152 cm³/mol. The number of hydrogen-bond donors (Lipinski definition) is 0. The van der Waals surface area contributed by atoms with Gasteiger partial charge in [-0.15, -0.1) is 0 Å². The Balaban J connectivity index is 1.86. The van der Waals surface area contributed by atoms with Gasteiger partial charge in [0, 0.05) is 23.3 Å². The number of nitrogens with zero attached hydrogens (tertiary/aromatic N) is 3. The summed E-state index contributed by atoms with van der Waals surface area (Å²) in [5.41, 5.74) is 2.72. The van der Waals surface area contributed by atoms with E-state index in [9.17, 15) is 5.26 Å². The van der Waals surface area contributed by atoms with E-state index in [2.05, 4.69) is 83.3 Å². The van der Waals surface area contributed by atoms with Crippen LogP contribution in [0.4, 0.5) is 0 Å². The second-order valence-electron chi connectivity index (χ2n) is 11.6. The minimum Gasteiger partial charge on any atom is -0.481 e. The maximum Gasteiger partial charge on any atom is 0.224 e. The van der Waals surface area contributed by atoms with Crippen molar-refractivity contribution in [1.82, 2.24) is 4.98 Å². The lowest BCUT2D eigenvalue weighted by molar-refractivity contribution is -0.909. The van der Waals surface area contributed by atoms with Gasteiger partial charge in [-0.2, -0.15) is 10.2 Å². The van der Waals surface area contributed by atoms with Crippen molar-refractivity contribution in [2.24, 2.45) is 11.8 Å². The summed E-state index contributed by atoms with van der Waals surface area (Å²) >= 11 is 0. The predicted octanol–water partition coefficient (Wildman–Crippen LogP) is 6.05. The lowest BCUT2D eigenvalue weighted by atomic mass is 9.63. The van der Waals surface area contributed by atoms with E-state index in [1.807, 2.05) is 18.2 Å². The number of ether oxygens (including phenoxy) is 3. The van der Waals surface area contributed by atoms with Gasteiger partial charge in [0.2, 0.25) is 11.8 Å². The third-order valence-corrected chi connectivity index (χ3v) is 10.1. The highest BCUT2D eigenvalue weighted by atomic mass is 16.5. The molecular formula is C33H40N3O3+. The topological polar surface area (TPSA) is 64.4 Å². The summed E-state index contributed by atoms with van der Waals surface area (Å²) < 4.78 is 19.8. The number of pyridine rings is 1. The number of quaternary nitrogens is 1. The van der Waals surface area contributed by atoms with Gasteiger partial charge in [-0.1, -0.05) is 56.3 Å². The zero-order valence-electron chi connectivity index (χ0n) is 24.2. The zero-order valence-corrected chi connectivity index (χ0v) is 24.2. The number of fused-ring (bicyclic) bond motifs is 3. The van der Waals surface area contributed by atoms with Crippen LogP contribution in [0.2, 0.25) is 0 Å². The average Bonchev–Trinajstić information content (AvgIpc) is 3.35. The van der Waals surface area contributed by atoms with Crippen molar-refractivity contribution in [3.8, 4) is 23.6 Å². The molecule has 1 aromatic heterocycles. The van der Waals surface area contributed by atoms with Crippen molar-refractivity contribution in [1.29, 1.82) is 5.26 Å². The molecule has 0 N–H and O–H groups in total. The van der Waals surface area contributed by atoms with E-state index in [4.69, 9.17) is 19.2 Å². The van der Waals surface area contributed by atoms with Gasteiger partial charge in [-0.3, -0.25) is 0 Å². The van der Waals surface area contributed by atoms with Crippen LogP contribution in [0.3, 0.4) is 0 Å². The van der Waals surface area contributed by atoms with Crippen molar-refractivity contribution in [3.05, 3.63) is 82.9 Å². The van der Waals surface area contributed by atoms with Crippen LogP contribution in [0.1, 0.15) is 55.9 Å². The highest BCUT2D eigenvalue weighted by molar-refractivity contribution is 5.60. The Labute approximate surface area is 232 Å². The summed E-state index contributed by atoms with van der Waals surface area (Å²) in [5.74, 6) is 2.33. The van der Waals surface area contributed by atoms with Gasteiger partial charge in [0.05, 0.1) is 58.1 Å². The Morgan fingerprint density at radius 3 is 2.26 bits per heavy atom. The summed E-state index contributed by atoms with van der Waals surface area (Å²) in [6, 6.07) is 23.0. The second-order valence-corrected chi connectivity index (χ2v) is 11.6. The Morgan fingerprint density at radius 2 is 1.69 bits per heavy atom. The van der Waals surface area contributed by atoms with E-state index < -0.39 is 11.0 Å². The second kappa shape index (κ2) is 9.88. The minimum absolute atomic E-state index is 0.0466. The molecule has 1 saturated carbocycles. The standard InChI is InChI=1S/C33H40N3O3/c1-8-36(5,9-2)21-26-22(3)32(4)30-27(19-28(37-6)35-31(30)38-7)39-33(32,25-17-15-23(20-34)16-18-25)29(26)24-13-11-10-12-14-24/h10-19,22,26,29H,8-9,21H2,1-7H3/q+1/t22-,26+,29-,32+,33+/m1/s1. The lowest BCUT2D eigenvalue weighted by Gasteiger charge is -2.43. The molecule has 1 aliphatic carbocycles. The van der Waals surface area contributed by atoms with Gasteiger partial charge < -0.3 is 18.7 Å². The summed E-state index contributed by atoms with van der Waals surface area (Å²) in [4.78, 5) is 4.73. The molecule has 5 atom stereocenters. The summed E-state index contributed by atoms with van der Waals surface area (Å²) in [6.07, 6.45) is 0. The van der Waals surface area contributed by atoms with Gasteiger partial charge in [0.1, 0.15) is 5.75 Å². The summed E-state index contributed by atoms with van der Waals surface area (Å²) in [6.45, 7) is 12.4. The summed E-state index contributed by atoms with van der Waals surface area (Å²) in [7, 11) is 5.64. The largest absolute Gasteiger partial charge is 0.481 e. The minimum atomic E-state index is -0.748. The van der Waals surface area contributed by atoms with Crippen LogP contribution in [0.5, 0.6) is 17.5 Å². The maximum atomic E-state index is 9.57. The number of rotatable bonds is 8. The Kier molecular flexibility index (Phi) is 6.84. The molecule has 204 valence electrons. The third-order valence-electron chi connectivity index (χ3n) is 10.1. The molecule has 2 aliphatic rings. The molecule has 2 heterocycles. The molecule has 0 spiro atoms. The van der Waals surface area contributed by atoms with Crippen LogP contribution in [0.25, 0.3) is 0 Å². The van der Waals surface area contributed by atoms with Crippen LogP contribution in [0, 0.1) is 23.2 Å². The van der Waals surface area contributed by atoms with E-state index in [0.29, 0.717) is 23.2 Å². The first-order valence-corrected chi connectivity index (χ1v) is 13.9. The fourth-order valence-electron chi connectivity index (χ4n) is 7.45. The smallest absolute Gasteiger partial charge is 0.224 e. The molecule has 3 aromatic rings. The zero-order chi connectivity index (χ0) is 28.0. The van der Waals surface area contributed by atoms with Crippen molar-refractivity contribution in [3.63, 3.8) is 0 Å².